The zero-order valence-electron chi connectivity index (χ0n) is 11.7. The van der Waals surface area contributed by atoms with E-state index in [-0.39, 0.29) is 12.3 Å². The van der Waals surface area contributed by atoms with E-state index >= 15 is 0 Å². The summed E-state index contributed by atoms with van der Waals surface area (Å²) in [6, 6.07) is 4.21. The number of likely N-dealkylation sites (N-methyl/N-ethyl adjacent to an activating group) is 1. The van der Waals surface area contributed by atoms with E-state index in [4.69, 9.17) is 11.6 Å². The molecule has 1 aromatic carbocycles. The Morgan fingerprint density at radius 2 is 2.19 bits per heavy atom. The van der Waals surface area contributed by atoms with Crippen molar-refractivity contribution in [3.8, 4) is 0 Å². The van der Waals surface area contributed by atoms with Crippen LogP contribution in [0.15, 0.2) is 18.2 Å². The maximum absolute atomic E-state index is 12.2. The van der Waals surface area contributed by atoms with Gasteiger partial charge in [-0.3, -0.25) is 14.4 Å². The number of fused-ring (bicyclic) bond motifs is 1. The predicted molar refractivity (Wildman–Crippen MR) is 77.1 cm³/mol. The minimum Gasteiger partial charge on any atom is -0.469 e. The standard InChI is InChI=1S/C14H15ClN2O4/c1-17-7-9-5-8(13(15)19)3-4-10(9)16-11(14(17)20)6-12(18)21-2/h3-5,11,16H,6-7H2,1-2H3. The lowest BCUT2D eigenvalue weighted by molar-refractivity contribution is -0.143. The number of carbonyl (C=O) groups excluding carboxylic acids is 3. The van der Waals surface area contributed by atoms with Crippen molar-refractivity contribution >= 4 is 34.4 Å². The fourth-order valence-electron chi connectivity index (χ4n) is 2.22. The van der Waals surface area contributed by atoms with Gasteiger partial charge in [-0.15, -0.1) is 0 Å². The van der Waals surface area contributed by atoms with E-state index in [9.17, 15) is 14.4 Å². The molecule has 112 valence electrons. The van der Waals surface area contributed by atoms with Crippen molar-refractivity contribution in [2.75, 3.05) is 19.5 Å². The van der Waals surface area contributed by atoms with Crippen LogP contribution in [0.25, 0.3) is 0 Å². The molecule has 21 heavy (non-hydrogen) atoms. The van der Waals surface area contributed by atoms with Crippen molar-refractivity contribution < 1.29 is 19.1 Å². The Morgan fingerprint density at radius 3 is 2.81 bits per heavy atom. The first-order chi connectivity index (χ1) is 9.92. The summed E-state index contributed by atoms with van der Waals surface area (Å²) < 4.78 is 4.60. The van der Waals surface area contributed by atoms with E-state index < -0.39 is 17.3 Å². The number of nitrogens with one attached hydrogen (secondary N) is 1. The Morgan fingerprint density at radius 1 is 1.48 bits per heavy atom. The van der Waals surface area contributed by atoms with E-state index in [1.807, 2.05) is 0 Å². The topological polar surface area (TPSA) is 75.7 Å². The quantitative estimate of drug-likeness (QED) is 0.674. The van der Waals surface area contributed by atoms with Crippen molar-refractivity contribution in [1.29, 1.82) is 0 Å². The molecule has 0 saturated carbocycles. The highest BCUT2D eigenvalue weighted by atomic mass is 35.5. The second-order valence-electron chi connectivity index (χ2n) is 4.82. The second-order valence-corrected chi connectivity index (χ2v) is 5.16. The summed E-state index contributed by atoms with van der Waals surface area (Å²) in [4.78, 5) is 36.4. The number of nitrogens with zero attached hydrogens (tertiary/aromatic N) is 1. The van der Waals surface area contributed by atoms with E-state index in [1.54, 1.807) is 25.2 Å². The highest BCUT2D eigenvalue weighted by Gasteiger charge is 2.29. The zero-order chi connectivity index (χ0) is 15.6. The van der Waals surface area contributed by atoms with Crippen molar-refractivity contribution in [1.82, 2.24) is 4.90 Å². The number of benzene rings is 1. The van der Waals surface area contributed by atoms with Crippen LogP contribution < -0.4 is 5.32 Å². The summed E-state index contributed by atoms with van der Waals surface area (Å²) in [6.45, 7) is 0.330. The summed E-state index contributed by atoms with van der Waals surface area (Å²) in [5.74, 6) is -0.680. The van der Waals surface area contributed by atoms with E-state index in [2.05, 4.69) is 10.1 Å². The average molecular weight is 311 g/mol. The molecule has 1 aliphatic heterocycles. The molecule has 1 aromatic rings. The maximum atomic E-state index is 12.2. The minimum absolute atomic E-state index is 0.0602. The molecule has 2 rings (SSSR count). The van der Waals surface area contributed by atoms with Gasteiger partial charge in [0.05, 0.1) is 13.5 Å². The van der Waals surface area contributed by atoms with Crippen molar-refractivity contribution in [2.24, 2.45) is 0 Å². The molecule has 1 aliphatic rings. The van der Waals surface area contributed by atoms with Gasteiger partial charge in [-0.05, 0) is 35.4 Å². The average Bonchev–Trinajstić information content (AvgIpc) is 2.56. The van der Waals surface area contributed by atoms with Crippen LogP contribution in [0, 0.1) is 0 Å². The first kappa shape index (κ1) is 15.3. The summed E-state index contributed by atoms with van der Waals surface area (Å²) in [5, 5.41) is 2.47. The van der Waals surface area contributed by atoms with Gasteiger partial charge in [-0.1, -0.05) is 0 Å². The number of hydrogen-bond donors (Lipinski definition) is 1. The molecule has 0 saturated heterocycles. The van der Waals surface area contributed by atoms with Crippen LogP contribution in [0.2, 0.25) is 0 Å². The summed E-state index contributed by atoms with van der Waals surface area (Å²) in [7, 11) is 2.91. The number of anilines is 1. The largest absolute Gasteiger partial charge is 0.469 e. The monoisotopic (exact) mass is 310 g/mol. The van der Waals surface area contributed by atoms with Crippen molar-refractivity contribution in [3.05, 3.63) is 29.3 Å². The van der Waals surface area contributed by atoms with E-state index in [0.717, 1.165) is 5.56 Å². The minimum atomic E-state index is -0.693. The third-order valence-electron chi connectivity index (χ3n) is 3.34. The van der Waals surface area contributed by atoms with Crippen LogP contribution in [0.4, 0.5) is 5.69 Å². The Bertz CT molecular complexity index is 603. The first-order valence-corrected chi connectivity index (χ1v) is 6.71. The normalized spacial score (nSPS) is 17.6. The fraction of sp³-hybridized carbons (Fsp3) is 0.357. The number of carbonyl (C=O) groups is 3. The molecule has 1 N–H and O–H groups in total. The van der Waals surface area contributed by atoms with Crippen molar-refractivity contribution in [3.63, 3.8) is 0 Å². The molecule has 7 heteroatoms. The fourth-order valence-corrected chi connectivity index (χ4v) is 2.34. The number of amides is 1. The van der Waals surface area contributed by atoms with E-state index in [0.29, 0.717) is 17.8 Å². The lowest BCUT2D eigenvalue weighted by Gasteiger charge is -2.19. The van der Waals surface area contributed by atoms with Gasteiger partial charge in [0.25, 0.3) is 5.24 Å². The Hall–Kier alpha value is -2.08. The molecule has 1 unspecified atom stereocenters. The lowest BCUT2D eigenvalue weighted by Crippen LogP contribution is -2.39. The molecular formula is C14H15ClN2O4. The van der Waals surface area contributed by atoms with Crippen LogP contribution in [0.5, 0.6) is 0 Å². The van der Waals surface area contributed by atoms with Gasteiger partial charge in [0.15, 0.2) is 0 Å². The van der Waals surface area contributed by atoms with E-state index in [1.165, 1.54) is 12.0 Å². The number of methoxy groups -OCH3 is 1. The molecular weight excluding hydrogens is 296 g/mol. The number of rotatable bonds is 3. The van der Waals surface area contributed by atoms with Gasteiger partial charge in [-0.2, -0.15) is 0 Å². The van der Waals surface area contributed by atoms with Gasteiger partial charge >= 0.3 is 5.97 Å². The molecule has 1 heterocycles. The number of esters is 1. The predicted octanol–water partition coefficient (Wildman–Crippen LogP) is 1.38. The Kier molecular flexibility index (Phi) is 4.47. The molecule has 1 amide bonds. The molecule has 0 spiro atoms. The zero-order valence-corrected chi connectivity index (χ0v) is 12.4. The van der Waals surface area contributed by atoms with Crippen LogP contribution in [0.3, 0.4) is 0 Å². The number of ether oxygens (including phenoxy) is 1. The van der Waals surface area contributed by atoms with Crippen molar-refractivity contribution in [2.45, 2.75) is 19.0 Å². The lowest BCUT2D eigenvalue weighted by atomic mass is 10.1. The second kappa shape index (κ2) is 6.13. The third-order valence-corrected chi connectivity index (χ3v) is 3.56. The number of halogens is 1. The Balaban J connectivity index is 2.33. The molecule has 0 bridgehead atoms. The molecule has 6 nitrogen and oxygen atoms in total. The van der Waals surface area contributed by atoms with Crippen LogP contribution in [0.1, 0.15) is 22.3 Å². The van der Waals surface area contributed by atoms with Crippen LogP contribution in [-0.2, 0) is 20.9 Å². The van der Waals surface area contributed by atoms with Gasteiger partial charge in [-0.25, -0.2) is 0 Å². The molecule has 0 aliphatic carbocycles. The Labute approximate surface area is 127 Å². The van der Waals surface area contributed by atoms with Gasteiger partial charge in [0.1, 0.15) is 6.04 Å². The van der Waals surface area contributed by atoms with Crippen LogP contribution in [-0.4, -0.2) is 42.2 Å². The summed E-state index contributed by atoms with van der Waals surface area (Å²) in [6.07, 6.45) is -0.0602. The highest BCUT2D eigenvalue weighted by molar-refractivity contribution is 6.67. The molecule has 0 fully saturated rings. The first-order valence-electron chi connectivity index (χ1n) is 6.33. The van der Waals surface area contributed by atoms with Gasteiger partial charge in [0, 0.05) is 24.8 Å². The molecule has 0 aromatic heterocycles. The van der Waals surface area contributed by atoms with Gasteiger partial charge < -0.3 is 15.0 Å². The molecule has 0 radical (unpaired) electrons. The summed E-state index contributed by atoms with van der Waals surface area (Å²) in [5.41, 5.74) is 1.83. The SMILES string of the molecule is COC(=O)CC1Nc2ccc(C(=O)Cl)cc2CN(C)C1=O. The molecule has 1 atom stereocenters. The third kappa shape index (κ3) is 3.33. The smallest absolute Gasteiger partial charge is 0.308 e. The summed E-state index contributed by atoms with van der Waals surface area (Å²) >= 11 is 5.47. The van der Waals surface area contributed by atoms with Gasteiger partial charge in [0.2, 0.25) is 5.91 Å². The highest BCUT2D eigenvalue weighted by Crippen LogP contribution is 2.25. The van der Waals surface area contributed by atoms with Crippen LogP contribution >= 0.6 is 11.6 Å². The maximum Gasteiger partial charge on any atom is 0.308 e. The number of hydrogen-bond acceptors (Lipinski definition) is 5.